The van der Waals surface area contributed by atoms with Gasteiger partial charge >= 0.3 is 0 Å². The van der Waals surface area contributed by atoms with Gasteiger partial charge < -0.3 is 10.2 Å². The van der Waals surface area contributed by atoms with Crippen LogP contribution in [0.2, 0.25) is 0 Å². The van der Waals surface area contributed by atoms with Crippen LogP contribution in [0.4, 0.5) is 5.69 Å². The van der Waals surface area contributed by atoms with E-state index in [1.807, 2.05) is 67.9 Å². The number of anilines is 1. The summed E-state index contributed by atoms with van der Waals surface area (Å²) in [5.74, 6) is -0.132. The van der Waals surface area contributed by atoms with Crippen molar-refractivity contribution in [3.63, 3.8) is 0 Å². The first-order chi connectivity index (χ1) is 14.3. The Morgan fingerprint density at radius 2 is 1.93 bits per heavy atom. The number of benzene rings is 2. The average molecular weight is 421 g/mol. The van der Waals surface area contributed by atoms with E-state index in [-0.39, 0.29) is 17.1 Å². The molecule has 2 heterocycles. The highest BCUT2D eigenvalue weighted by Crippen LogP contribution is 2.36. The molecule has 154 valence electrons. The van der Waals surface area contributed by atoms with Crippen molar-refractivity contribution < 1.29 is 9.59 Å². The molecule has 0 saturated carbocycles. The van der Waals surface area contributed by atoms with Gasteiger partial charge in [-0.1, -0.05) is 18.2 Å². The van der Waals surface area contributed by atoms with Gasteiger partial charge in [0.1, 0.15) is 0 Å². The lowest BCUT2D eigenvalue weighted by Crippen LogP contribution is -2.28. The number of para-hydroxylation sites is 1. The molecule has 1 aliphatic rings. The van der Waals surface area contributed by atoms with Gasteiger partial charge in [-0.3, -0.25) is 9.59 Å². The summed E-state index contributed by atoms with van der Waals surface area (Å²) in [6.07, 6.45) is 0. The molecule has 2 aromatic carbocycles. The van der Waals surface area contributed by atoms with E-state index in [1.54, 1.807) is 18.0 Å². The standard InChI is InChI=1S/C23H24N4O2S/c1-14-19(15(2)27(25-14)18-8-6-5-7-9-18)13-26(4)23(29)17-10-11-21-20(12-17)24-22(28)16(3)30-21/h5-12,16H,13H2,1-4H3,(H,24,28)/t16-/m0/s1. The van der Waals surface area contributed by atoms with Crippen molar-refractivity contribution in [2.75, 3.05) is 12.4 Å². The number of hydrogen-bond acceptors (Lipinski definition) is 4. The van der Waals surface area contributed by atoms with E-state index >= 15 is 0 Å². The van der Waals surface area contributed by atoms with Crippen molar-refractivity contribution in [1.82, 2.24) is 14.7 Å². The molecule has 0 aliphatic carbocycles. The second-order valence-electron chi connectivity index (χ2n) is 7.52. The normalized spacial score (nSPS) is 15.5. The van der Waals surface area contributed by atoms with E-state index in [2.05, 4.69) is 10.4 Å². The average Bonchev–Trinajstić information content (AvgIpc) is 3.02. The molecule has 4 rings (SSSR count). The van der Waals surface area contributed by atoms with Gasteiger partial charge in [-0.05, 0) is 51.1 Å². The highest BCUT2D eigenvalue weighted by Gasteiger charge is 2.25. The molecule has 6 nitrogen and oxygen atoms in total. The smallest absolute Gasteiger partial charge is 0.253 e. The topological polar surface area (TPSA) is 67.2 Å². The molecule has 0 fully saturated rings. The zero-order valence-corrected chi connectivity index (χ0v) is 18.3. The summed E-state index contributed by atoms with van der Waals surface area (Å²) in [6, 6.07) is 15.4. The summed E-state index contributed by atoms with van der Waals surface area (Å²) in [6.45, 7) is 6.31. The molecule has 1 aliphatic heterocycles. The van der Waals surface area contributed by atoms with Crippen LogP contribution in [0, 0.1) is 13.8 Å². The maximum absolute atomic E-state index is 13.1. The lowest BCUT2D eigenvalue weighted by atomic mass is 10.1. The number of carbonyl (C=O) groups excluding carboxylic acids is 2. The Morgan fingerprint density at radius 3 is 2.67 bits per heavy atom. The predicted octanol–water partition coefficient (Wildman–Crippen LogP) is 4.19. The van der Waals surface area contributed by atoms with E-state index in [9.17, 15) is 9.59 Å². The Hall–Kier alpha value is -3.06. The fourth-order valence-corrected chi connectivity index (χ4v) is 4.53. The van der Waals surface area contributed by atoms with Crippen LogP contribution in [0.25, 0.3) is 5.69 Å². The zero-order chi connectivity index (χ0) is 21.4. The number of amides is 2. The molecule has 0 bridgehead atoms. The quantitative estimate of drug-likeness (QED) is 0.687. The van der Waals surface area contributed by atoms with Crippen LogP contribution >= 0.6 is 11.8 Å². The third-order valence-corrected chi connectivity index (χ3v) is 6.52. The van der Waals surface area contributed by atoms with Crippen LogP contribution in [0.5, 0.6) is 0 Å². The van der Waals surface area contributed by atoms with Gasteiger partial charge in [0, 0.05) is 35.3 Å². The Kier molecular flexibility index (Phi) is 5.39. The van der Waals surface area contributed by atoms with Crippen molar-refractivity contribution in [2.24, 2.45) is 0 Å². The van der Waals surface area contributed by atoms with Gasteiger partial charge in [0.15, 0.2) is 0 Å². The molecule has 3 aromatic rings. The van der Waals surface area contributed by atoms with E-state index < -0.39 is 0 Å². The molecule has 1 N–H and O–H groups in total. The molecule has 0 unspecified atom stereocenters. The van der Waals surface area contributed by atoms with Crippen molar-refractivity contribution in [1.29, 1.82) is 0 Å². The lowest BCUT2D eigenvalue weighted by molar-refractivity contribution is -0.115. The van der Waals surface area contributed by atoms with Crippen LogP contribution in [-0.4, -0.2) is 38.8 Å². The number of carbonyl (C=O) groups is 2. The van der Waals surface area contributed by atoms with Gasteiger partial charge in [-0.15, -0.1) is 11.8 Å². The van der Waals surface area contributed by atoms with Gasteiger partial charge in [-0.25, -0.2) is 4.68 Å². The van der Waals surface area contributed by atoms with Crippen molar-refractivity contribution in [3.8, 4) is 5.69 Å². The summed E-state index contributed by atoms with van der Waals surface area (Å²) in [4.78, 5) is 27.7. The molecule has 0 radical (unpaired) electrons. The molecule has 1 atom stereocenters. The molecule has 2 amide bonds. The third-order valence-electron chi connectivity index (χ3n) is 5.34. The van der Waals surface area contributed by atoms with E-state index in [4.69, 9.17) is 0 Å². The number of nitrogens with zero attached hydrogens (tertiary/aromatic N) is 3. The first kappa shape index (κ1) is 20.2. The maximum atomic E-state index is 13.1. The number of rotatable bonds is 4. The molecular weight excluding hydrogens is 396 g/mol. The second kappa shape index (κ2) is 7.99. The van der Waals surface area contributed by atoms with Crippen molar-refractivity contribution in [2.45, 2.75) is 37.5 Å². The Labute approximate surface area is 180 Å². The van der Waals surface area contributed by atoms with E-state index in [0.717, 1.165) is 27.5 Å². The number of nitrogens with one attached hydrogen (secondary N) is 1. The van der Waals surface area contributed by atoms with Crippen LogP contribution < -0.4 is 5.32 Å². The summed E-state index contributed by atoms with van der Waals surface area (Å²) < 4.78 is 1.91. The number of fused-ring (bicyclic) bond motifs is 1. The molecule has 30 heavy (non-hydrogen) atoms. The first-order valence-electron chi connectivity index (χ1n) is 9.82. The highest BCUT2D eigenvalue weighted by atomic mass is 32.2. The molecule has 7 heteroatoms. The second-order valence-corrected chi connectivity index (χ2v) is 8.90. The maximum Gasteiger partial charge on any atom is 0.253 e. The van der Waals surface area contributed by atoms with Crippen molar-refractivity contribution in [3.05, 3.63) is 71.0 Å². The van der Waals surface area contributed by atoms with Gasteiger partial charge in [0.25, 0.3) is 5.91 Å². The first-order valence-corrected chi connectivity index (χ1v) is 10.7. The molecule has 0 spiro atoms. The summed E-state index contributed by atoms with van der Waals surface area (Å²) in [5.41, 5.74) is 5.20. The fraction of sp³-hybridized carbons (Fsp3) is 0.261. The Bertz CT molecular complexity index is 1120. The van der Waals surface area contributed by atoms with E-state index in [1.165, 1.54) is 11.8 Å². The zero-order valence-electron chi connectivity index (χ0n) is 17.5. The van der Waals surface area contributed by atoms with Crippen LogP contribution in [0.3, 0.4) is 0 Å². The lowest BCUT2D eigenvalue weighted by Gasteiger charge is -2.23. The fourth-order valence-electron chi connectivity index (χ4n) is 3.60. The third kappa shape index (κ3) is 3.73. The monoisotopic (exact) mass is 420 g/mol. The minimum absolute atomic E-state index is 0.0370. The summed E-state index contributed by atoms with van der Waals surface area (Å²) in [7, 11) is 1.79. The molecular formula is C23H24N4O2S. The van der Waals surface area contributed by atoms with Gasteiger partial charge in [0.05, 0.1) is 22.3 Å². The predicted molar refractivity (Wildman–Crippen MR) is 119 cm³/mol. The Balaban J connectivity index is 1.56. The number of aryl methyl sites for hydroxylation is 1. The number of thioether (sulfide) groups is 1. The summed E-state index contributed by atoms with van der Waals surface area (Å²) >= 11 is 1.51. The molecule has 1 aromatic heterocycles. The SMILES string of the molecule is Cc1nn(-c2ccccc2)c(C)c1CN(C)C(=O)c1ccc2c(c1)NC(=O)[C@H](C)S2. The molecule has 0 saturated heterocycles. The van der Waals surface area contributed by atoms with Gasteiger partial charge in [-0.2, -0.15) is 5.10 Å². The largest absolute Gasteiger partial charge is 0.337 e. The van der Waals surface area contributed by atoms with Crippen LogP contribution in [0.15, 0.2) is 53.4 Å². The summed E-state index contributed by atoms with van der Waals surface area (Å²) in [5, 5.41) is 7.43. The van der Waals surface area contributed by atoms with Crippen LogP contribution in [-0.2, 0) is 11.3 Å². The van der Waals surface area contributed by atoms with E-state index in [0.29, 0.717) is 17.8 Å². The van der Waals surface area contributed by atoms with Crippen molar-refractivity contribution >= 4 is 29.3 Å². The van der Waals surface area contributed by atoms with Crippen LogP contribution in [0.1, 0.15) is 34.2 Å². The minimum atomic E-state index is -0.131. The number of hydrogen-bond donors (Lipinski definition) is 1. The minimum Gasteiger partial charge on any atom is -0.337 e. The Morgan fingerprint density at radius 1 is 1.20 bits per heavy atom. The highest BCUT2D eigenvalue weighted by molar-refractivity contribution is 8.00. The number of aromatic nitrogens is 2. The van der Waals surface area contributed by atoms with Gasteiger partial charge in [0.2, 0.25) is 5.91 Å².